The second-order valence-corrected chi connectivity index (χ2v) is 5.76. The molecule has 1 heterocycles. The summed E-state index contributed by atoms with van der Waals surface area (Å²) >= 11 is 0. The highest BCUT2D eigenvalue weighted by molar-refractivity contribution is 7.90. The summed E-state index contributed by atoms with van der Waals surface area (Å²) in [5.74, 6) is 0.290. The minimum absolute atomic E-state index is 0.290. The van der Waals surface area contributed by atoms with Crippen molar-refractivity contribution in [3.05, 3.63) is 0 Å². The molecule has 1 rings (SSSR count). The van der Waals surface area contributed by atoms with E-state index in [4.69, 9.17) is 5.73 Å². The van der Waals surface area contributed by atoms with E-state index in [1.807, 2.05) is 0 Å². The van der Waals surface area contributed by atoms with Crippen molar-refractivity contribution in [3.8, 4) is 0 Å². The Bertz CT molecular complexity index is 232. The Balaban J connectivity index is 2.04. The van der Waals surface area contributed by atoms with E-state index in [0.29, 0.717) is 11.8 Å². The highest BCUT2D eigenvalue weighted by Crippen LogP contribution is 2.05. The zero-order valence-electron chi connectivity index (χ0n) is 7.36. The van der Waals surface area contributed by atoms with Gasteiger partial charge in [0.1, 0.15) is 9.84 Å². The van der Waals surface area contributed by atoms with Crippen LogP contribution < -0.4 is 5.73 Å². The van der Waals surface area contributed by atoms with Gasteiger partial charge in [0.15, 0.2) is 0 Å². The Labute approximate surface area is 73.6 Å². The van der Waals surface area contributed by atoms with Gasteiger partial charge in [0, 0.05) is 25.4 Å². The summed E-state index contributed by atoms with van der Waals surface area (Å²) in [6.07, 6.45) is 2.00. The van der Waals surface area contributed by atoms with Gasteiger partial charge in [-0.3, -0.25) is 0 Å². The van der Waals surface area contributed by atoms with Crippen molar-refractivity contribution < 1.29 is 8.42 Å². The van der Waals surface area contributed by atoms with Crippen molar-refractivity contribution in [3.63, 3.8) is 0 Å². The third kappa shape index (κ3) is 3.51. The molecule has 0 aromatic heterocycles. The number of sulfone groups is 1. The summed E-state index contributed by atoms with van der Waals surface area (Å²) in [6, 6.07) is 0.309. The molecule has 0 atom stereocenters. The van der Waals surface area contributed by atoms with E-state index in [-0.39, 0.29) is 0 Å². The van der Waals surface area contributed by atoms with Gasteiger partial charge in [-0.15, -0.1) is 0 Å². The lowest BCUT2D eigenvalue weighted by Crippen LogP contribution is -2.55. The van der Waals surface area contributed by atoms with Crippen LogP contribution in [0.25, 0.3) is 0 Å². The molecular weight excluding hydrogens is 176 g/mol. The molecule has 1 aliphatic heterocycles. The van der Waals surface area contributed by atoms with Crippen molar-refractivity contribution in [2.75, 3.05) is 31.6 Å². The van der Waals surface area contributed by atoms with Gasteiger partial charge < -0.3 is 10.6 Å². The molecule has 5 heteroatoms. The fourth-order valence-electron chi connectivity index (χ4n) is 1.34. The first-order valence-corrected chi connectivity index (χ1v) is 6.19. The predicted molar refractivity (Wildman–Crippen MR) is 48.7 cm³/mol. The van der Waals surface area contributed by atoms with Gasteiger partial charge in [-0.25, -0.2) is 8.42 Å². The molecule has 0 radical (unpaired) electrons. The van der Waals surface area contributed by atoms with E-state index in [2.05, 4.69) is 4.90 Å². The Kier molecular flexibility index (Phi) is 3.09. The summed E-state index contributed by atoms with van der Waals surface area (Å²) in [6.45, 7) is 2.70. The molecule has 1 aliphatic rings. The van der Waals surface area contributed by atoms with Crippen LogP contribution in [0.4, 0.5) is 0 Å². The monoisotopic (exact) mass is 192 g/mol. The molecule has 1 saturated heterocycles. The Morgan fingerprint density at radius 1 is 1.50 bits per heavy atom. The molecule has 0 aromatic rings. The third-order valence-electron chi connectivity index (χ3n) is 1.97. The molecule has 1 fully saturated rings. The second kappa shape index (κ2) is 3.72. The smallest absolute Gasteiger partial charge is 0.147 e. The van der Waals surface area contributed by atoms with E-state index in [0.717, 1.165) is 26.1 Å². The van der Waals surface area contributed by atoms with Crippen LogP contribution in [0.2, 0.25) is 0 Å². The van der Waals surface area contributed by atoms with Gasteiger partial charge >= 0.3 is 0 Å². The lowest BCUT2D eigenvalue weighted by molar-refractivity contribution is 0.152. The quantitative estimate of drug-likeness (QED) is 0.624. The van der Waals surface area contributed by atoms with Crippen molar-refractivity contribution in [2.24, 2.45) is 5.73 Å². The van der Waals surface area contributed by atoms with Crippen LogP contribution in [-0.2, 0) is 9.84 Å². The molecular formula is C7H16N2O2S. The largest absolute Gasteiger partial charge is 0.325 e. The van der Waals surface area contributed by atoms with Gasteiger partial charge in [-0.05, 0) is 13.0 Å². The molecule has 0 bridgehead atoms. The maximum atomic E-state index is 10.7. The molecule has 0 amide bonds. The zero-order chi connectivity index (χ0) is 9.19. The fourth-order valence-corrected chi connectivity index (χ4v) is 2.00. The highest BCUT2D eigenvalue weighted by Gasteiger charge is 2.22. The average molecular weight is 192 g/mol. The topological polar surface area (TPSA) is 63.4 Å². The Hall–Kier alpha value is -0.130. The summed E-state index contributed by atoms with van der Waals surface area (Å²) in [4.78, 5) is 2.18. The maximum absolute atomic E-state index is 10.7. The van der Waals surface area contributed by atoms with Crippen LogP contribution in [-0.4, -0.2) is 51.0 Å². The highest BCUT2D eigenvalue weighted by atomic mass is 32.2. The first-order valence-electron chi connectivity index (χ1n) is 4.13. The minimum Gasteiger partial charge on any atom is -0.325 e. The van der Waals surface area contributed by atoms with Gasteiger partial charge in [0.05, 0.1) is 5.75 Å². The Morgan fingerprint density at radius 2 is 2.08 bits per heavy atom. The normalized spacial score (nSPS) is 20.8. The van der Waals surface area contributed by atoms with Gasteiger partial charge in [-0.2, -0.15) is 0 Å². The van der Waals surface area contributed by atoms with E-state index in [1.165, 1.54) is 6.26 Å². The van der Waals surface area contributed by atoms with Crippen molar-refractivity contribution in [1.82, 2.24) is 4.90 Å². The number of hydrogen-bond donors (Lipinski definition) is 1. The number of nitrogens with two attached hydrogens (primary N) is 1. The van der Waals surface area contributed by atoms with Crippen LogP contribution >= 0.6 is 0 Å². The van der Waals surface area contributed by atoms with E-state index >= 15 is 0 Å². The average Bonchev–Trinajstić information content (AvgIpc) is 1.81. The summed E-state index contributed by atoms with van der Waals surface area (Å²) in [5.41, 5.74) is 5.57. The van der Waals surface area contributed by atoms with Crippen LogP contribution in [0.5, 0.6) is 0 Å². The molecule has 0 spiro atoms. The van der Waals surface area contributed by atoms with Gasteiger partial charge in [-0.1, -0.05) is 0 Å². The molecule has 0 aromatic carbocycles. The number of likely N-dealkylation sites (tertiary alicyclic amines) is 1. The van der Waals surface area contributed by atoms with E-state index in [1.54, 1.807) is 0 Å². The number of hydrogen-bond acceptors (Lipinski definition) is 4. The second-order valence-electron chi connectivity index (χ2n) is 3.50. The molecule has 0 saturated carbocycles. The number of rotatable bonds is 4. The van der Waals surface area contributed by atoms with Crippen molar-refractivity contribution in [1.29, 1.82) is 0 Å². The summed E-state index contributed by atoms with van der Waals surface area (Å²) in [7, 11) is -2.78. The first kappa shape index (κ1) is 9.95. The van der Waals surface area contributed by atoms with Crippen LogP contribution in [0, 0.1) is 0 Å². The summed E-state index contributed by atoms with van der Waals surface area (Å²) in [5, 5.41) is 0. The van der Waals surface area contributed by atoms with Gasteiger partial charge in [0.2, 0.25) is 0 Å². The van der Waals surface area contributed by atoms with Crippen LogP contribution in [0.3, 0.4) is 0 Å². The fraction of sp³-hybridized carbons (Fsp3) is 1.00. The maximum Gasteiger partial charge on any atom is 0.147 e. The molecule has 4 nitrogen and oxygen atoms in total. The van der Waals surface area contributed by atoms with E-state index in [9.17, 15) is 8.42 Å². The van der Waals surface area contributed by atoms with Crippen molar-refractivity contribution >= 4 is 9.84 Å². The first-order chi connectivity index (χ1) is 5.47. The SMILES string of the molecule is CS(=O)(=O)CCCN1CC(N)C1. The van der Waals surface area contributed by atoms with Crippen LogP contribution in [0.15, 0.2) is 0 Å². The molecule has 72 valence electrons. The molecule has 0 unspecified atom stereocenters. The number of nitrogens with zero attached hydrogens (tertiary/aromatic N) is 1. The standard InChI is InChI=1S/C7H16N2O2S/c1-12(10,11)4-2-3-9-5-7(8)6-9/h7H,2-6,8H2,1H3. The van der Waals surface area contributed by atoms with Crippen LogP contribution in [0.1, 0.15) is 6.42 Å². The summed E-state index contributed by atoms with van der Waals surface area (Å²) < 4.78 is 21.5. The van der Waals surface area contributed by atoms with Crippen molar-refractivity contribution in [2.45, 2.75) is 12.5 Å². The zero-order valence-corrected chi connectivity index (χ0v) is 8.18. The van der Waals surface area contributed by atoms with E-state index < -0.39 is 9.84 Å². The minimum atomic E-state index is -2.78. The lowest BCUT2D eigenvalue weighted by Gasteiger charge is -2.36. The van der Waals surface area contributed by atoms with Gasteiger partial charge in [0.25, 0.3) is 0 Å². The lowest BCUT2D eigenvalue weighted by atomic mass is 10.1. The predicted octanol–water partition coefficient (Wildman–Crippen LogP) is -0.936. The molecule has 12 heavy (non-hydrogen) atoms. The Morgan fingerprint density at radius 3 is 2.50 bits per heavy atom. The third-order valence-corrected chi connectivity index (χ3v) is 3.01. The molecule has 2 N–H and O–H groups in total. The molecule has 0 aliphatic carbocycles.